The van der Waals surface area contributed by atoms with Crippen molar-refractivity contribution in [3.63, 3.8) is 0 Å². The van der Waals surface area contributed by atoms with Crippen molar-refractivity contribution in [2.45, 2.75) is 90.1 Å². The molecule has 0 bridgehead atoms. The minimum atomic E-state index is -0.510. The number of amides is 1. The summed E-state index contributed by atoms with van der Waals surface area (Å²) in [4.78, 5) is 19.2. The van der Waals surface area contributed by atoms with Crippen LogP contribution in [0.1, 0.15) is 71.9 Å². The summed E-state index contributed by atoms with van der Waals surface area (Å²) < 4.78 is 7.95. The summed E-state index contributed by atoms with van der Waals surface area (Å²) in [6.07, 6.45) is 6.67. The second kappa shape index (κ2) is 7.34. The lowest BCUT2D eigenvalue weighted by atomic mass is 9.51. The number of aliphatic hydroxyl groups excluding tert-OH is 1. The van der Waals surface area contributed by atoms with Gasteiger partial charge in [-0.1, -0.05) is 31.2 Å². The van der Waals surface area contributed by atoms with Gasteiger partial charge in [-0.05, 0) is 58.9 Å². The third-order valence-corrected chi connectivity index (χ3v) is 7.89. The standard InChI is InChI=1S/C26H35N3O3/c1-6-17-12-26(11-16(2)29(17)24(31)32-25(3,4)5)13-20(23(26)30)22-19-10-8-7-9-18(19)21-14-27-15-28(21)22/h7-10,14-17,20,22-23,30H,6,11-13H2,1-5H3. The third kappa shape index (κ3) is 3.18. The highest BCUT2D eigenvalue weighted by Crippen LogP contribution is 2.61. The van der Waals surface area contributed by atoms with E-state index >= 15 is 0 Å². The van der Waals surface area contributed by atoms with Gasteiger partial charge in [0.25, 0.3) is 0 Å². The summed E-state index contributed by atoms with van der Waals surface area (Å²) in [6.45, 7) is 9.96. The quantitative estimate of drug-likeness (QED) is 0.716. The lowest BCUT2D eigenvalue weighted by Gasteiger charge is -2.61. The number of aromatic nitrogens is 2. The molecule has 2 aliphatic heterocycles. The summed E-state index contributed by atoms with van der Waals surface area (Å²) in [7, 11) is 0. The molecule has 3 aliphatic rings. The number of carbonyl (C=O) groups is 1. The van der Waals surface area contributed by atoms with Gasteiger partial charge in [0.1, 0.15) is 5.60 Å². The molecule has 6 heteroatoms. The van der Waals surface area contributed by atoms with Crippen LogP contribution in [0.2, 0.25) is 0 Å². The number of carbonyl (C=O) groups excluding carboxylic acids is 1. The number of hydrogen-bond donors (Lipinski definition) is 1. The Hall–Kier alpha value is -2.34. The van der Waals surface area contributed by atoms with Crippen LogP contribution in [0.3, 0.4) is 0 Å². The highest BCUT2D eigenvalue weighted by Gasteiger charge is 2.61. The van der Waals surface area contributed by atoms with Crippen molar-refractivity contribution in [1.82, 2.24) is 14.5 Å². The number of ether oxygens (including phenoxy) is 1. The van der Waals surface area contributed by atoms with E-state index in [1.807, 2.05) is 38.2 Å². The molecule has 2 fully saturated rings. The molecule has 1 aromatic heterocycles. The minimum Gasteiger partial charge on any atom is -0.444 e. The van der Waals surface area contributed by atoms with E-state index in [0.717, 1.165) is 31.4 Å². The smallest absolute Gasteiger partial charge is 0.410 e. The molecule has 1 aromatic carbocycles. The third-order valence-electron chi connectivity index (χ3n) is 7.89. The van der Waals surface area contributed by atoms with Crippen LogP contribution in [-0.4, -0.2) is 49.4 Å². The molecule has 6 unspecified atom stereocenters. The maximum atomic E-state index is 12.9. The van der Waals surface area contributed by atoms with Crippen LogP contribution in [-0.2, 0) is 4.74 Å². The van der Waals surface area contributed by atoms with Crippen LogP contribution < -0.4 is 0 Å². The van der Waals surface area contributed by atoms with E-state index in [9.17, 15) is 9.90 Å². The number of imidazole rings is 1. The van der Waals surface area contributed by atoms with Crippen molar-refractivity contribution in [1.29, 1.82) is 0 Å². The Morgan fingerprint density at radius 2 is 2.00 bits per heavy atom. The molecule has 1 spiro atoms. The molecule has 1 saturated carbocycles. The van der Waals surface area contributed by atoms with Crippen molar-refractivity contribution in [2.75, 3.05) is 0 Å². The van der Waals surface area contributed by atoms with Gasteiger partial charge in [0.05, 0.1) is 30.4 Å². The Morgan fingerprint density at radius 3 is 2.69 bits per heavy atom. The zero-order chi connectivity index (χ0) is 22.8. The summed E-state index contributed by atoms with van der Waals surface area (Å²) in [5, 5.41) is 11.6. The number of aliphatic hydroxyl groups is 1. The van der Waals surface area contributed by atoms with E-state index < -0.39 is 11.7 Å². The average molecular weight is 438 g/mol. The van der Waals surface area contributed by atoms with Crippen LogP contribution in [0, 0.1) is 11.3 Å². The molecule has 172 valence electrons. The second-order valence-electron chi connectivity index (χ2n) is 11.1. The number of piperidine rings is 1. The Kier molecular flexibility index (Phi) is 4.93. The topological polar surface area (TPSA) is 67.6 Å². The summed E-state index contributed by atoms with van der Waals surface area (Å²) in [5.41, 5.74) is 3.00. The van der Waals surface area contributed by atoms with E-state index in [1.165, 1.54) is 11.1 Å². The second-order valence-corrected chi connectivity index (χ2v) is 11.1. The fourth-order valence-electron chi connectivity index (χ4n) is 6.68. The minimum absolute atomic E-state index is 0.0406. The molecule has 3 heterocycles. The SMILES string of the molecule is CCC1CC2(CC(C3c4ccccc4-c4cncn43)C2O)CC(C)N1C(=O)OC(C)(C)C. The first-order valence-corrected chi connectivity index (χ1v) is 12.0. The monoisotopic (exact) mass is 437 g/mol. The van der Waals surface area contributed by atoms with Crippen LogP contribution >= 0.6 is 0 Å². The molecule has 6 atom stereocenters. The van der Waals surface area contributed by atoms with E-state index in [2.05, 4.69) is 47.7 Å². The summed E-state index contributed by atoms with van der Waals surface area (Å²) in [6, 6.07) is 8.75. The summed E-state index contributed by atoms with van der Waals surface area (Å²) >= 11 is 0. The first-order valence-electron chi connectivity index (χ1n) is 12.0. The number of fused-ring (bicyclic) bond motifs is 3. The molecule has 0 radical (unpaired) electrons. The molecule has 1 amide bonds. The molecular formula is C26H35N3O3. The lowest BCUT2D eigenvalue weighted by molar-refractivity contribution is -0.176. The maximum Gasteiger partial charge on any atom is 0.410 e. The zero-order valence-corrected chi connectivity index (χ0v) is 19.8. The van der Waals surface area contributed by atoms with Crippen LogP contribution in [0.15, 0.2) is 36.8 Å². The number of hydrogen-bond acceptors (Lipinski definition) is 4. The van der Waals surface area contributed by atoms with E-state index in [-0.39, 0.29) is 35.6 Å². The average Bonchev–Trinajstić information content (AvgIpc) is 3.31. The number of nitrogens with zero attached hydrogens (tertiary/aromatic N) is 3. The number of likely N-dealkylation sites (tertiary alicyclic amines) is 1. The highest BCUT2D eigenvalue weighted by atomic mass is 16.6. The molecule has 32 heavy (non-hydrogen) atoms. The first-order chi connectivity index (χ1) is 15.1. The van der Waals surface area contributed by atoms with Gasteiger partial charge in [0.15, 0.2) is 0 Å². The van der Waals surface area contributed by atoms with Crippen molar-refractivity contribution in [2.24, 2.45) is 11.3 Å². The molecule has 1 aliphatic carbocycles. The summed E-state index contributed by atoms with van der Waals surface area (Å²) in [5.74, 6) is 0.157. The number of benzene rings is 1. The van der Waals surface area contributed by atoms with Gasteiger partial charge in [-0.2, -0.15) is 0 Å². The maximum absolute atomic E-state index is 12.9. The van der Waals surface area contributed by atoms with E-state index in [0.29, 0.717) is 0 Å². The van der Waals surface area contributed by atoms with Crippen LogP contribution in [0.25, 0.3) is 11.3 Å². The van der Waals surface area contributed by atoms with Gasteiger partial charge in [-0.15, -0.1) is 0 Å². The largest absolute Gasteiger partial charge is 0.444 e. The normalized spacial score (nSPS) is 33.6. The fourth-order valence-corrected chi connectivity index (χ4v) is 6.68. The molecule has 6 nitrogen and oxygen atoms in total. The first kappa shape index (κ1) is 21.5. The Balaban J connectivity index is 1.38. The lowest BCUT2D eigenvalue weighted by Crippen LogP contribution is -2.64. The predicted molar refractivity (Wildman–Crippen MR) is 123 cm³/mol. The highest BCUT2D eigenvalue weighted by molar-refractivity contribution is 5.70. The van der Waals surface area contributed by atoms with Gasteiger partial charge >= 0.3 is 6.09 Å². The van der Waals surface area contributed by atoms with Crippen LogP contribution in [0.4, 0.5) is 4.79 Å². The molecule has 1 N–H and O–H groups in total. The zero-order valence-electron chi connectivity index (χ0n) is 19.8. The van der Waals surface area contributed by atoms with Gasteiger partial charge in [-0.25, -0.2) is 9.78 Å². The van der Waals surface area contributed by atoms with Crippen molar-refractivity contribution in [3.05, 3.63) is 42.4 Å². The van der Waals surface area contributed by atoms with Crippen LogP contribution in [0.5, 0.6) is 0 Å². The van der Waals surface area contributed by atoms with Gasteiger partial charge in [0, 0.05) is 29.0 Å². The van der Waals surface area contributed by atoms with Gasteiger partial charge < -0.3 is 19.3 Å². The van der Waals surface area contributed by atoms with Crippen molar-refractivity contribution >= 4 is 6.09 Å². The van der Waals surface area contributed by atoms with Crippen molar-refractivity contribution in [3.8, 4) is 11.3 Å². The van der Waals surface area contributed by atoms with Gasteiger partial charge in [-0.3, -0.25) is 0 Å². The van der Waals surface area contributed by atoms with Crippen molar-refractivity contribution < 1.29 is 14.6 Å². The van der Waals surface area contributed by atoms with Gasteiger partial charge in [0.2, 0.25) is 0 Å². The molecule has 5 rings (SSSR count). The molecular weight excluding hydrogens is 402 g/mol. The Morgan fingerprint density at radius 1 is 1.25 bits per heavy atom. The molecule has 2 aromatic rings. The fraction of sp³-hybridized carbons (Fsp3) is 0.615. The predicted octanol–water partition coefficient (Wildman–Crippen LogP) is 5.02. The molecule has 1 saturated heterocycles. The van der Waals surface area contributed by atoms with E-state index in [1.54, 1.807) is 0 Å². The Labute approximate surface area is 190 Å². The Bertz CT molecular complexity index is 1030. The number of rotatable bonds is 2. The van der Waals surface area contributed by atoms with E-state index in [4.69, 9.17) is 4.74 Å².